The van der Waals surface area contributed by atoms with Crippen LogP contribution >= 0.6 is 7.75 Å². The molecule has 48 heavy (non-hydrogen) atoms. The van der Waals surface area contributed by atoms with Gasteiger partial charge in [0, 0.05) is 6.20 Å². The number of hydrogen-bond donors (Lipinski definition) is 3. The minimum Gasteiger partial charge on any atom is -0.496 e. The lowest BCUT2D eigenvalue weighted by Gasteiger charge is -2.25. The van der Waals surface area contributed by atoms with E-state index in [0.717, 1.165) is 12.3 Å². The number of esters is 1. The number of carbonyl (C=O) groups excluding carboxylic acids is 2. The molecule has 0 radical (unpaired) electrons. The monoisotopic (exact) mass is 696 g/mol. The number of rotatable bonds is 14. The molecule has 0 saturated carbocycles. The Labute approximate surface area is 273 Å². The minimum absolute atomic E-state index is 0.000618. The lowest BCUT2D eigenvalue weighted by molar-refractivity contribution is -0.149. The van der Waals surface area contributed by atoms with Crippen LogP contribution in [0.5, 0.6) is 17.2 Å². The van der Waals surface area contributed by atoms with E-state index < -0.39 is 68.4 Å². The highest BCUT2D eigenvalue weighted by Gasteiger charge is 2.60. The van der Waals surface area contributed by atoms with Crippen molar-refractivity contribution >= 4 is 25.4 Å². The molecule has 15 nitrogen and oxygen atoms in total. The molecule has 0 aliphatic carbocycles. The molecule has 4 rings (SSSR count). The summed E-state index contributed by atoms with van der Waals surface area (Å²) < 4.78 is 76.5. The van der Waals surface area contributed by atoms with Crippen LogP contribution in [0.15, 0.2) is 65.6 Å². The third kappa shape index (κ3) is 8.35. The molecule has 2 unspecified atom stereocenters. The predicted octanol–water partition coefficient (Wildman–Crippen LogP) is 3.54. The first-order chi connectivity index (χ1) is 22.7. The summed E-state index contributed by atoms with van der Waals surface area (Å²) in [5, 5.41) is 15.3. The first-order valence-corrected chi connectivity index (χ1v) is 16.0. The SMILES string of the molecule is COc1cccc(OC)c1C(=O)Nc1ccn(C2O[C@H](COP(=O)(N[C@H](C)C(=O)OC(C)C)Oc3ccccc3)[C@@H](O)C2(F)F)c(=O)n1. The molecule has 3 aromatic rings. The van der Waals surface area contributed by atoms with Crippen LogP contribution in [0.3, 0.4) is 0 Å². The molecule has 1 aliphatic rings. The molecule has 1 aromatic heterocycles. The van der Waals surface area contributed by atoms with Gasteiger partial charge < -0.3 is 33.9 Å². The number of ether oxygens (including phenoxy) is 4. The zero-order chi connectivity index (χ0) is 35.2. The molecule has 1 aliphatic heterocycles. The Bertz CT molecular complexity index is 1690. The van der Waals surface area contributed by atoms with E-state index in [1.165, 1.54) is 45.4 Å². The van der Waals surface area contributed by atoms with Gasteiger partial charge in [-0.2, -0.15) is 18.9 Å². The molecule has 5 atom stereocenters. The average Bonchev–Trinajstić information content (AvgIpc) is 3.26. The number of nitrogens with one attached hydrogen (secondary N) is 2. The van der Waals surface area contributed by atoms with E-state index in [0.29, 0.717) is 4.57 Å². The Morgan fingerprint density at radius 2 is 1.71 bits per heavy atom. The number of methoxy groups -OCH3 is 2. The van der Waals surface area contributed by atoms with Gasteiger partial charge in [0.1, 0.15) is 40.8 Å². The fourth-order valence-electron chi connectivity index (χ4n) is 4.53. The summed E-state index contributed by atoms with van der Waals surface area (Å²) in [4.78, 5) is 41.9. The van der Waals surface area contributed by atoms with E-state index in [9.17, 15) is 24.1 Å². The van der Waals surface area contributed by atoms with Crippen molar-refractivity contribution in [2.45, 2.75) is 57.3 Å². The van der Waals surface area contributed by atoms with Crippen LogP contribution in [-0.2, 0) is 23.4 Å². The van der Waals surface area contributed by atoms with Crippen molar-refractivity contribution < 1.29 is 56.0 Å². The van der Waals surface area contributed by atoms with Crippen LogP contribution in [0.25, 0.3) is 0 Å². The fourth-order valence-corrected chi connectivity index (χ4v) is 6.03. The van der Waals surface area contributed by atoms with E-state index in [-0.39, 0.29) is 28.6 Å². The van der Waals surface area contributed by atoms with Crippen molar-refractivity contribution in [3.8, 4) is 17.2 Å². The van der Waals surface area contributed by atoms with Gasteiger partial charge in [-0.05, 0) is 51.1 Å². The number of halogens is 2. The van der Waals surface area contributed by atoms with Gasteiger partial charge in [0.05, 0.1) is 26.9 Å². The first kappa shape index (κ1) is 36.4. The average molecular weight is 697 g/mol. The Morgan fingerprint density at radius 3 is 2.29 bits per heavy atom. The van der Waals surface area contributed by atoms with Gasteiger partial charge in [0.2, 0.25) is 6.23 Å². The Balaban J connectivity index is 1.51. The van der Waals surface area contributed by atoms with Gasteiger partial charge in [-0.1, -0.05) is 24.3 Å². The molecule has 1 fully saturated rings. The van der Waals surface area contributed by atoms with Crippen molar-refractivity contribution in [1.82, 2.24) is 14.6 Å². The van der Waals surface area contributed by atoms with Gasteiger partial charge in [0.25, 0.3) is 5.91 Å². The minimum atomic E-state index is -4.50. The van der Waals surface area contributed by atoms with Crippen LogP contribution in [0, 0.1) is 0 Å². The highest BCUT2D eigenvalue weighted by molar-refractivity contribution is 7.52. The van der Waals surface area contributed by atoms with Crippen LogP contribution in [-0.4, -0.2) is 77.6 Å². The Morgan fingerprint density at radius 1 is 1.06 bits per heavy atom. The molecule has 1 amide bonds. The number of anilines is 1. The molecule has 18 heteroatoms. The van der Waals surface area contributed by atoms with E-state index >= 15 is 8.78 Å². The molecule has 2 aromatic carbocycles. The number of carbonyl (C=O) groups is 2. The number of aliphatic hydroxyl groups is 1. The summed E-state index contributed by atoms with van der Waals surface area (Å²) >= 11 is 0. The van der Waals surface area contributed by atoms with Crippen molar-refractivity contribution in [1.29, 1.82) is 0 Å². The second-order valence-electron chi connectivity index (χ2n) is 10.7. The van der Waals surface area contributed by atoms with Crippen molar-refractivity contribution in [3.05, 3.63) is 76.8 Å². The fraction of sp³-hybridized carbons (Fsp3) is 0.400. The zero-order valence-corrected chi connectivity index (χ0v) is 27.4. The number of nitrogens with zero attached hydrogens (tertiary/aromatic N) is 2. The second kappa shape index (κ2) is 15.2. The largest absolute Gasteiger partial charge is 0.496 e. The summed E-state index contributed by atoms with van der Waals surface area (Å²) in [5.74, 6) is -5.51. The Hall–Kier alpha value is -4.41. The number of hydrogen-bond acceptors (Lipinski definition) is 12. The second-order valence-corrected chi connectivity index (χ2v) is 12.4. The number of benzene rings is 2. The first-order valence-electron chi connectivity index (χ1n) is 14.5. The van der Waals surface area contributed by atoms with Crippen LogP contribution in [0.1, 0.15) is 37.4 Å². The van der Waals surface area contributed by atoms with Gasteiger partial charge in [-0.15, -0.1) is 0 Å². The van der Waals surface area contributed by atoms with E-state index in [2.05, 4.69) is 15.4 Å². The number of amides is 1. The van der Waals surface area contributed by atoms with Crippen LogP contribution in [0.2, 0.25) is 0 Å². The molecule has 0 spiro atoms. The van der Waals surface area contributed by atoms with Crippen LogP contribution in [0.4, 0.5) is 14.6 Å². The topological polar surface area (TPSA) is 186 Å². The molecule has 0 bridgehead atoms. The maximum atomic E-state index is 15.3. The number of aliphatic hydroxyl groups excluding tert-OH is 1. The number of aromatic nitrogens is 2. The van der Waals surface area contributed by atoms with Crippen molar-refractivity contribution in [2.75, 3.05) is 26.1 Å². The maximum Gasteiger partial charge on any atom is 0.459 e. The smallest absolute Gasteiger partial charge is 0.459 e. The third-order valence-electron chi connectivity index (χ3n) is 6.79. The summed E-state index contributed by atoms with van der Waals surface area (Å²) in [5.41, 5.74) is -1.25. The Kier molecular flexibility index (Phi) is 11.5. The standard InChI is InChI=1S/C30H35F2N4O11P/c1-17(2)45-27(39)18(3)35-48(41,47-19-10-7-6-8-11-19)44-16-22-25(37)30(31,32)28(46-22)36-15-14-23(34-29(36)40)33-26(38)24-20(42-4)12-9-13-21(24)43-5/h6-15,17-18,22,25,28,37H,16H2,1-5H3,(H,35,41)(H,33,34,38,40)/t18-,22-,25-,28?,48?/m1/s1. The normalized spacial score (nSPS) is 20.4. The lowest BCUT2D eigenvalue weighted by atomic mass is 10.1. The van der Waals surface area contributed by atoms with Gasteiger partial charge >= 0.3 is 25.3 Å². The summed E-state index contributed by atoms with van der Waals surface area (Å²) in [7, 11) is -1.81. The molecule has 2 heterocycles. The zero-order valence-electron chi connectivity index (χ0n) is 26.5. The van der Waals surface area contributed by atoms with E-state index in [1.807, 2.05) is 0 Å². The summed E-state index contributed by atoms with van der Waals surface area (Å²) in [6, 6.07) is 12.2. The van der Waals surface area contributed by atoms with E-state index in [1.54, 1.807) is 38.1 Å². The molecular formula is C30H35F2N4O11P. The third-order valence-corrected chi connectivity index (χ3v) is 8.44. The van der Waals surface area contributed by atoms with E-state index in [4.69, 9.17) is 28.0 Å². The van der Waals surface area contributed by atoms with Crippen LogP contribution < -0.4 is 30.1 Å². The number of para-hydroxylation sites is 1. The number of alkyl halides is 2. The maximum absolute atomic E-state index is 15.3. The molecule has 1 saturated heterocycles. The summed E-state index contributed by atoms with van der Waals surface area (Å²) in [6.45, 7) is 3.63. The van der Waals surface area contributed by atoms with Crippen molar-refractivity contribution in [3.63, 3.8) is 0 Å². The van der Waals surface area contributed by atoms with Gasteiger partial charge in [-0.3, -0.25) is 18.7 Å². The quantitative estimate of drug-likeness (QED) is 0.164. The van der Waals surface area contributed by atoms with Crippen molar-refractivity contribution in [2.24, 2.45) is 0 Å². The lowest BCUT2D eigenvalue weighted by Crippen LogP contribution is -2.42. The highest BCUT2D eigenvalue weighted by Crippen LogP contribution is 2.48. The highest BCUT2D eigenvalue weighted by atomic mass is 31.2. The molecule has 3 N–H and O–H groups in total. The summed E-state index contributed by atoms with van der Waals surface area (Å²) in [6.07, 6.45) is -6.34. The van der Waals surface area contributed by atoms with Gasteiger partial charge in [0.15, 0.2) is 6.10 Å². The molecule has 260 valence electrons. The molecular weight excluding hydrogens is 661 g/mol. The predicted molar refractivity (Wildman–Crippen MR) is 165 cm³/mol. The van der Waals surface area contributed by atoms with Gasteiger partial charge in [-0.25, -0.2) is 9.36 Å².